The molecule has 0 aromatic carbocycles. The van der Waals surface area contributed by atoms with Crippen molar-refractivity contribution in [3.8, 4) is 0 Å². The Labute approximate surface area is 41.6 Å². The Morgan fingerprint density at radius 2 is 0.714 bits per heavy atom. The standard InChI is InChI=1S/5O.H3P.V/h;;;;;1H3;. The van der Waals surface area contributed by atoms with E-state index in [2.05, 4.69) is 0 Å². The van der Waals surface area contributed by atoms with E-state index in [1.807, 2.05) is 0 Å². The first kappa shape index (κ1) is 10.1. The van der Waals surface area contributed by atoms with Gasteiger partial charge in [-0.25, -0.2) is 0 Å². The number of hydrogen-bond acceptors (Lipinski definition) is 5. The van der Waals surface area contributed by atoms with Crippen LogP contribution in [0.2, 0.25) is 0 Å². The summed E-state index contributed by atoms with van der Waals surface area (Å²) < 4.78 is 43.2. The molecule has 0 bridgehead atoms. The molecular formula is H3O5PV. The fourth-order valence-electron chi connectivity index (χ4n) is 0. The molecule has 0 heterocycles. The summed E-state index contributed by atoms with van der Waals surface area (Å²) in [4.78, 5) is 0. The zero-order chi connectivity index (χ0) is 5.45. The van der Waals surface area contributed by atoms with Crippen molar-refractivity contribution in [3.63, 3.8) is 0 Å². The third-order valence-corrected chi connectivity index (χ3v) is 0. The molecule has 0 radical (unpaired) electrons. The summed E-state index contributed by atoms with van der Waals surface area (Å²) >= 11 is -7.74. The van der Waals surface area contributed by atoms with E-state index in [0.29, 0.717) is 0 Å². The summed E-state index contributed by atoms with van der Waals surface area (Å²) in [7, 11) is 0. The molecule has 5 nitrogen and oxygen atoms in total. The molecule has 0 fully saturated rings. The van der Waals surface area contributed by atoms with Crippen LogP contribution in [0.3, 0.4) is 0 Å². The van der Waals surface area contributed by atoms with Crippen molar-refractivity contribution in [1.82, 2.24) is 0 Å². The monoisotopic (exact) mass is 165 g/mol. The Hall–Kier alpha value is 0.0144. The summed E-state index contributed by atoms with van der Waals surface area (Å²) in [6, 6.07) is 0. The summed E-state index contributed by atoms with van der Waals surface area (Å²) in [6.45, 7) is 0. The van der Waals surface area contributed by atoms with Gasteiger partial charge in [-0.1, -0.05) is 0 Å². The molecule has 0 amide bonds. The Kier molecular flexibility index (Phi) is 2.17. The predicted octanol–water partition coefficient (Wildman–Crippen LogP) is -0.538. The van der Waals surface area contributed by atoms with E-state index in [4.69, 9.17) is 18.4 Å². The molecule has 1 unspecified atom stereocenters. The normalized spacial score (nSPS) is 8.57. The van der Waals surface area contributed by atoms with Crippen LogP contribution >= 0.6 is 9.90 Å². The Bertz CT molecular complexity index is 278. The molecule has 1 atom stereocenters. The molecule has 0 saturated carbocycles. The first-order valence-electron chi connectivity index (χ1n) is 0.913. The van der Waals surface area contributed by atoms with Gasteiger partial charge in [0.25, 0.3) is 0 Å². The molecule has 0 saturated heterocycles. The average Bonchev–Trinajstić information content (AvgIpc) is 0.650. The van der Waals surface area contributed by atoms with Gasteiger partial charge in [0, 0.05) is 0 Å². The molecule has 43 valence electrons. The van der Waals surface area contributed by atoms with Gasteiger partial charge in [0.2, 0.25) is 0 Å². The zero-order valence-electron chi connectivity index (χ0n) is 3.20. The Morgan fingerprint density at radius 1 is 0.714 bits per heavy atom. The van der Waals surface area contributed by atoms with Gasteiger partial charge in [-0.2, -0.15) is 9.90 Å². The van der Waals surface area contributed by atoms with Gasteiger partial charge in [0.15, 0.2) is 0 Å². The van der Waals surface area contributed by atoms with Crippen molar-refractivity contribution < 1.29 is 31.0 Å². The molecular weight excluding hydrogens is 162 g/mol. The average molecular weight is 165 g/mol. The van der Waals surface area contributed by atoms with Crippen LogP contribution in [0, 0.1) is 0 Å². The van der Waals surface area contributed by atoms with Crippen molar-refractivity contribution in [1.29, 1.82) is 0 Å². The molecule has 7 heteroatoms. The van der Waals surface area contributed by atoms with Gasteiger partial charge < -0.3 is 0 Å². The van der Waals surface area contributed by atoms with Crippen LogP contribution in [0.1, 0.15) is 0 Å². The van der Waals surface area contributed by atoms with E-state index in [1.54, 1.807) is 0 Å². The second-order valence-electron chi connectivity index (χ2n) is 0.745. The van der Waals surface area contributed by atoms with Crippen molar-refractivity contribution >= 4 is 9.90 Å². The van der Waals surface area contributed by atoms with Crippen LogP contribution in [-0.4, -0.2) is 0 Å². The molecule has 0 aliphatic heterocycles. The quantitative estimate of drug-likeness (QED) is 0.450. The van der Waals surface area contributed by atoms with E-state index in [9.17, 15) is 0 Å². The first-order chi connectivity index (χ1) is 2.24. The van der Waals surface area contributed by atoms with Crippen molar-refractivity contribution in [2.45, 2.75) is 0 Å². The van der Waals surface area contributed by atoms with Crippen molar-refractivity contribution in [2.24, 2.45) is 0 Å². The molecule has 0 aromatic heterocycles. The van der Waals surface area contributed by atoms with Crippen molar-refractivity contribution in [2.75, 3.05) is 0 Å². The molecule has 0 aliphatic rings. The second-order valence-corrected chi connectivity index (χ2v) is 3.07. The van der Waals surface area contributed by atoms with Crippen molar-refractivity contribution in [3.05, 3.63) is 0 Å². The molecule has 0 aromatic rings. The zero-order valence-corrected chi connectivity index (χ0v) is 6.01. The Balaban J connectivity index is 0. The van der Waals surface area contributed by atoms with Gasteiger partial charge in [0.1, 0.15) is 0 Å². The molecule has 0 N–H and O–H groups in total. The minimum atomic E-state index is -7.74. The van der Waals surface area contributed by atoms with Crippen LogP contribution in [0.4, 0.5) is 0 Å². The van der Waals surface area contributed by atoms with E-state index in [-0.39, 0.29) is 9.90 Å². The number of hydrogen-bond donors (Lipinski definition) is 0. The van der Waals surface area contributed by atoms with E-state index >= 15 is 0 Å². The molecule has 0 aliphatic carbocycles. The van der Waals surface area contributed by atoms with Gasteiger partial charge in [0.05, 0.1) is 0 Å². The minimum absolute atomic E-state index is 0. The van der Waals surface area contributed by atoms with Gasteiger partial charge in [-0.3, -0.25) is 0 Å². The second kappa shape index (κ2) is 1.51. The first-order valence-corrected chi connectivity index (χ1v) is 3.76. The summed E-state index contributed by atoms with van der Waals surface area (Å²) in [5.41, 5.74) is 0. The third-order valence-electron chi connectivity index (χ3n) is 0. The molecule has 0 rings (SSSR count). The molecule has 7 heavy (non-hydrogen) atoms. The van der Waals surface area contributed by atoms with Gasteiger partial charge >= 0.3 is 31.0 Å². The maximum absolute atomic E-state index is 8.64. The third kappa shape index (κ3) is 466000. The summed E-state index contributed by atoms with van der Waals surface area (Å²) in [5.74, 6) is 0. The van der Waals surface area contributed by atoms with E-state index < -0.39 is 12.6 Å². The van der Waals surface area contributed by atoms with Gasteiger partial charge in [-0.15, -0.1) is 0 Å². The summed E-state index contributed by atoms with van der Waals surface area (Å²) in [6.07, 6.45) is 0. The SMILES string of the molecule is P.[O]=[V](=[O])(=[O])(=[O])=[O]. The van der Waals surface area contributed by atoms with E-state index in [0.717, 1.165) is 0 Å². The van der Waals surface area contributed by atoms with Crippen LogP contribution < -0.4 is 0 Å². The van der Waals surface area contributed by atoms with Crippen LogP contribution in [-0.2, 0) is 31.0 Å². The topological polar surface area (TPSA) is 85.3 Å². The molecule has 0 spiro atoms. The Morgan fingerprint density at radius 3 is 0.714 bits per heavy atom. The van der Waals surface area contributed by atoms with E-state index in [1.165, 1.54) is 0 Å². The van der Waals surface area contributed by atoms with Crippen LogP contribution in [0.25, 0.3) is 0 Å². The van der Waals surface area contributed by atoms with Gasteiger partial charge in [-0.05, 0) is 0 Å². The number of rotatable bonds is 0. The van der Waals surface area contributed by atoms with Crippen LogP contribution in [0.15, 0.2) is 0 Å². The maximum atomic E-state index is 8.64. The van der Waals surface area contributed by atoms with Crippen LogP contribution in [0.5, 0.6) is 0 Å². The fourth-order valence-corrected chi connectivity index (χ4v) is 0. The summed E-state index contributed by atoms with van der Waals surface area (Å²) in [5, 5.41) is 0. The fraction of sp³-hybridized carbons (Fsp3) is 0. The predicted molar refractivity (Wildman–Crippen MR) is 14.5 cm³/mol.